The molecule has 0 aliphatic rings. The summed E-state index contributed by atoms with van der Waals surface area (Å²) in [6, 6.07) is 7.32. The van der Waals surface area contributed by atoms with Crippen LogP contribution in [0.15, 0.2) is 60.8 Å². The Hall–Kier alpha value is -1.59. The number of alkyl halides is 1. The van der Waals surface area contributed by atoms with E-state index in [-0.39, 0.29) is 5.17 Å². The standard InChI is InChI=1S/C17H20BrNO2S/c1-3-5-7-14(6-4-2)19-17(22)21-16-10-8-15(9-11-16)20-13-12-18/h4-11H,2-3,12-13H2,1H3,(H,19,22)/b7-5-,14-6+. The van der Waals surface area contributed by atoms with Gasteiger partial charge in [-0.1, -0.05) is 41.6 Å². The van der Waals surface area contributed by atoms with Crippen molar-refractivity contribution in [2.24, 2.45) is 0 Å². The molecule has 3 nitrogen and oxygen atoms in total. The predicted molar refractivity (Wildman–Crippen MR) is 99.8 cm³/mol. The Kier molecular flexibility index (Phi) is 9.26. The van der Waals surface area contributed by atoms with Crippen LogP contribution in [0.4, 0.5) is 0 Å². The first-order valence-electron chi connectivity index (χ1n) is 6.96. The van der Waals surface area contributed by atoms with Crippen molar-refractivity contribution >= 4 is 33.3 Å². The van der Waals surface area contributed by atoms with Gasteiger partial charge in [-0.05, 0) is 55.1 Å². The van der Waals surface area contributed by atoms with Crippen LogP contribution in [0.1, 0.15) is 13.3 Å². The van der Waals surface area contributed by atoms with Gasteiger partial charge in [-0.25, -0.2) is 0 Å². The molecule has 0 aromatic heterocycles. The third-order valence-electron chi connectivity index (χ3n) is 2.46. The molecule has 1 N–H and O–H groups in total. The average molecular weight is 382 g/mol. The molecule has 0 spiro atoms. The maximum atomic E-state index is 5.58. The zero-order valence-corrected chi connectivity index (χ0v) is 15.0. The van der Waals surface area contributed by atoms with Crippen LogP contribution in [0, 0.1) is 0 Å². The molecule has 0 atom stereocenters. The van der Waals surface area contributed by atoms with E-state index in [9.17, 15) is 0 Å². The van der Waals surface area contributed by atoms with E-state index in [4.69, 9.17) is 21.7 Å². The number of hydrogen-bond donors (Lipinski definition) is 1. The van der Waals surface area contributed by atoms with Crippen molar-refractivity contribution in [1.29, 1.82) is 0 Å². The van der Waals surface area contributed by atoms with E-state index in [0.29, 0.717) is 12.4 Å². The Bertz CT molecular complexity index is 538. The Labute approximate surface area is 145 Å². The molecule has 1 aromatic rings. The lowest BCUT2D eigenvalue weighted by atomic mass is 10.3. The van der Waals surface area contributed by atoms with Crippen molar-refractivity contribution in [3.8, 4) is 11.5 Å². The molecule has 1 rings (SSSR count). The molecule has 0 bridgehead atoms. The van der Waals surface area contributed by atoms with Gasteiger partial charge in [0.15, 0.2) is 0 Å². The zero-order valence-electron chi connectivity index (χ0n) is 12.5. The van der Waals surface area contributed by atoms with E-state index in [1.807, 2.05) is 42.5 Å². The van der Waals surface area contributed by atoms with Gasteiger partial charge < -0.3 is 14.8 Å². The second kappa shape index (κ2) is 11.0. The highest BCUT2D eigenvalue weighted by molar-refractivity contribution is 9.09. The first-order valence-corrected chi connectivity index (χ1v) is 8.49. The number of allylic oxidation sites excluding steroid dienone is 4. The molecule has 118 valence electrons. The van der Waals surface area contributed by atoms with Gasteiger partial charge in [0.05, 0.1) is 6.61 Å². The van der Waals surface area contributed by atoms with Gasteiger partial charge in [0.25, 0.3) is 5.17 Å². The first kappa shape index (κ1) is 18.5. The summed E-state index contributed by atoms with van der Waals surface area (Å²) in [5.41, 5.74) is 0.833. The van der Waals surface area contributed by atoms with Crippen molar-refractivity contribution in [3.05, 3.63) is 60.8 Å². The number of nitrogens with one attached hydrogen (secondary N) is 1. The molecule has 0 heterocycles. The van der Waals surface area contributed by atoms with Crippen LogP contribution in [0.3, 0.4) is 0 Å². The normalized spacial score (nSPS) is 11.3. The molecule has 0 saturated carbocycles. The van der Waals surface area contributed by atoms with Gasteiger partial charge in [-0.2, -0.15) is 0 Å². The highest BCUT2D eigenvalue weighted by Crippen LogP contribution is 2.18. The molecule has 0 saturated heterocycles. The lowest BCUT2D eigenvalue weighted by Gasteiger charge is -2.10. The summed E-state index contributed by atoms with van der Waals surface area (Å²) in [7, 11) is 0. The molecule has 0 radical (unpaired) electrons. The maximum Gasteiger partial charge on any atom is 0.266 e. The minimum absolute atomic E-state index is 0.281. The molecule has 5 heteroatoms. The fraction of sp³-hybridized carbons (Fsp3) is 0.235. The highest BCUT2D eigenvalue weighted by Gasteiger charge is 2.02. The summed E-state index contributed by atoms with van der Waals surface area (Å²) >= 11 is 8.51. The van der Waals surface area contributed by atoms with Crippen LogP contribution < -0.4 is 14.8 Å². The van der Waals surface area contributed by atoms with Gasteiger partial charge >= 0.3 is 0 Å². The molecule has 0 fully saturated rings. The van der Waals surface area contributed by atoms with Gasteiger partial charge in [0.1, 0.15) is 11.5 Å². The molecule has 0 aliphatic heterocycles. The SMILES string of the molecule is C=C/C=C(\C=C/CC)NC(=S)Oc1ccc(OCCBr)cc1. The summed E-state index contributed by atoms with van der Waals surface area (Å²) < 4.78 is 11.1. The third-order valence-corrected chi connectivity index (χ3v) is 2.97. The number of ether oxygens (including phenoxy) is 2. The molecule has 0 unspecified atom stereocenters. The van der Waals surface area contributed by atoms with E-state index >= 15 is 0 Å². The zero-order chi connectivity index (χ0) is 16.2. The first-order chi connectivity index (χ1) is 10.7. The largest absolute Gasteiger partial charge is 0.493 e. The van der Waals surface area contributed by atoms with Crippen molar-refractivity contribution < 1.29 is 9.47 Å². The second-order valence-electron chi connectivity index (χ2n) is 4.19. The Morgan fingerprint density at radius 2 is 2.00 bits per heavy atom. The summed E-state index contributed by atoms with van der Waals surface area (Å²) in [4.78, 5) is 0. The minimum atomic E-state index is 0.281. The molecule has 22 heavy (non-hydrogen) atoms. The summed E-state index contributed by atoms with van der Waals surface area (Å²) in [5, 5.41) is 4.10. The summed E-state index contributed by atoms with van der Waals surface area (Å²) in [5.74, 6) is 1.45. The van der Waals surface area contributed by atoms with Crippen molar-refractivity contribution in [2.45, 2.75) is 13.3 Å². The van der Waals surface area contributed by atoms with Gasteiger partial charge in [-0.3, -0.25) is 0 Å². The monoisotopic (exact) mass is 381 g/mol. The van der Waals surface area contributed by atoms with Gasteiger partial charge in [-0.15, -0.1) is 0 Å². The number of rotatable bonds is 8. The number of hydrogen-bond acceptors (Lipinski definition) is 3. The molecule has 1 aromatic carbocycles. The van der Waals surface area contributed by atoms with Crippen LogP contribution in [-0.2, 0) is 0 Å². The van der Waals surface area contributed by atoms with Gasteiger partial charge in [0.2, 0.25) is 0 Å². The van der Waals surface area contributed by atoms with Crippen molar-refractivity contribution in [2.75, 3.05) is 11.9 Å². The van der Waals surface area contributed by atoms with Crippen LogP contribution in [0.2, 0.25) is 0 Å². The summed E-state index contributed by atoms with van der Waals surface area (Å²) in [6.45, 7) is 6.37. The highest BCUT2D eigenvalue weighted by atomic mass is 79.9. The molecular weight excluding hydrogens is 362 g/mol. The molecule has 0 aliphatic carbocycles. The van der Waals surface area contributed by atoms with E-state index < -0.39 is 0 Å². The fourth-order valence-electron chi connectivity index (χ4n) is 1.52. The quantitative estimate of drug-likeness (QED) is 0.399. The topological polar surface area (TPSA) is 30.5 Å². The Balaban J connectivity index is 2.58. The van der Waals surface area contributed by atoms with Crippen molar-refractivity contribution in [3.63, 3.8) is 0 Å². The third kappa shape index (κ3) is 7.43. The number of thiocarbonyl (C=S) groups is 1. The van der Waals surface area contributed by atoms with Crippen LogP contribution >= 0.6 is 28.1 Å². The Morgan fingerprint density at radius 3 is 2.59 bits per heavy atom. The average Bonchev–Trinajstić information content (AvgIpc) is 2.52. The molecular formula is C17H20BrNO2S. The Morgan fingerprint density at radius 1 is 1.32 bits per heavy atom. The second-order valence-corrected chi connectivity index (χ2v) is 5.36. The van der Waals surface area contributed by atoms with Crippen molar-refractivity contribution in [1.82, 2.24) is 5.32 Å². The number of halogens is 1. The smallest absolute Gasteiger partial charge is 0.266 e. The van der Waals surface area contributed by atoms with E-state index in [0.717, 1.165) is 23.2 Å². The maximum absolute atomic E-state index is 5.58. The van der Waals surface area contributed by atoms with E-state index in [1.54, 1.807) is 6.08 Å². The lowest BCUT2D eigenvalue weighted by molar-refractivity contribution is 0.344. The fourth-order valence-corrected chi connectivity index (χ4v) is 1.90. The number of benzene rings is 1. The summed E-state index contributed by atoms with van der Waals surface area (Å²) in [6.07, 6.45) is 8.44. The van der Waals surface area contributed by atoms with Crippen LogP contribution in [-0.4, -0.2) is 17.1 Å². The predicted octanol–water partition coefficient (Wildman–Crippen LogP) is 4.75. The van der Waals surface area contributed by atoms with E-state index in [2.05, 4.69) is 34.7 Å². The van der Waals surface area contributed by atoms with Crippen LogP contribution in [0.5, 0.6) is 11.5 Å². The van der Waals surface area contributed by atoms with Crippen LogP contribution in [0.25, 0.3) is 0 Å². The lowest BCUT2D eigenvalue weighted by Crippen LogP contribution is -2.25. The minimum Gasteiger partial charge on any atom is -0.493 e. The molecule has 0 amide bonds. The van der Waals surface area contributed by atoms with Gasteiger partial charge in [0, 0.05) is 11.0 Å². The van der Waals surface area contributed by atoms with E-state index in [1.165, 1.54) is 0 Å².